The molecule has 0 spiro atoms. The van der Waals surface area contributed by atoms with Crippen molar-refractivity contribution in [2.75, 3.05) is 5.32 Å². The first-order chi connectivity index (χ1) is 13.8. The number of para-hydroxylation sites is 1. The van der Waals surface area contributed by atoms with Crippen LogP contribution in [0.4, 0.5) is 18.9 Å². The van der Waals surface area contributed by atoms with E-state index in [1.54, 1.807) is 12.1 Å². The summed E-state index contributed by atoms with van der Waals surface area (Å²) in [6.45, 7) is 1.82. The fourth-order valence-corrected chi connectivity index (χ4v) is 2.63. The highest BCUT2D eigenvalue weighted by Gasteiger charge is 2.30. The van der Waals surface area contributed by atoms with E-state index < -0.39 is 17.6 Å². The molecule has 0 fully saturated rings. The first-order valence-electron chi connectivity index (χ1n) is 8.54. The standard InChI is InChI=1S/C22H15F3N2O2/c1-14-5-2-3-8-19(14)27-21(28)16(13-26)12-18-9-10-20(29-18)15-6-4-7-17(11-15)22(23,24)25/h2-12H,1H3,(H,27,28)/b16-12+. The van der Waals surface area contributed by atoms with Crippen LogP contribution >= 0.6 is 0 Å². The number of rotatable bonds is 4. The number of halogens is 3. The van der Waals surface area contributed by atoms with Crippen LogP contribution in [-0.4, -0.2) is 5.91 Å². The second kappa shape index (κ2) is 8.07. The molecule has 4 nitrogen and oxygen atoms in total. The summed E-state index contributed by atoms with van der Waals surface area (Å²) in [6, 6.07) is 16.6. The average molecular weight is 396 g/mol. The molecule has 1 N–H and O–H groups in total. The molecule has 0 radical (unpaired) electrons. The Morgan fingerprint density at radius 2 is 1.86 bits per heavy atom. The van der Waals surface area contributed by atoms with Crippen LogP contribution in [0.2, 0.25) is 0 Å². The second-order valence-electron chi connectivity index (χ2n) is 6.22. The molecule has 0 aliphatic rings. The fourth-order valence-electron chi connectivity index (χ4n) is 2.63. The predicted octanol–water partition coefficient (Wildman–Crippen LogP) is 5.82. The molecule has 0 atom stereocenters. The van der Waals surface area contributed by atoms with Crippen LogP contribution < -0.4 is 5.32 Å². The largest absolute Gasteiger partial charge is 0.457 e. The zero-order valence-electron chi connectivity index (χ0n) is 15.2. The topological polar surface area (TPSA) is 66.0 Å². The SMILES string of the molecule is Cc1ccccc1NC(=O)/C(C#N)=C/c1ccc(-c2cccc(C(F)(F)F)c2)o1. The molecule has 0 bridgehead atoms. The van der Waals surface area contributed by atoms with Crippen LogP contribution in [0.25, 0.3) is 17.4 Å². The van der Waals surface area contributed by atoms with Crippen molar-refractivity contribution < 1.29 is 22.4 Å². The summed E-state index contributed by atoms with van der Waals surface area (Å²) < 4.78 is 44.2. The van der Waals surface area contributed by atoms with Crippen molar-refractivity contribution >= 4 is 17.7 Å². The van der Waals surface area contributed by atoms with Crippen LogP contribution in [0.3, 0.4) is 0 Å². The molecule has 0 aliphatic heterocycles. The summed E-state index contributed by atoms with van der Waals surface area (Å²) in [4.78, 5) is 12.4. The van der Waals surface area contributed by atoms with Gasteiger partial charge in [-0.25, -0.2) is 0 Å². The van der Waals surface area contributed by atoms with Gasteiger partial charge in [0.1, 0.15) is 23.2 Å². The maximum absolute atomic E-state index is 12.9. The number of nitriles is 1. The van der Waals surface area contributed by atoms with Crippen molar-refractivity contribution in [1.29, 1.82) is 5.26 Å². The third-order valence-corrected chi connectivity index (χ3v) is 4.15. The van der Waals surface area contributed by atoms with Gasteiger partial charge in [-0.2, -0.15) is 18.4 Å². The maximum Gasteiger partial charge on any atom is 0.416 e. The van der Waals surface area contributed by atoms with Gasteiger partial charge in [-0.3, -0.25) is 4.79 Å². The molecular formula is C22H15F3N2O2. The number of nitrogens with zero attached hydrogens (tertiary/aromatic N) is 1. The van der Waals surface area contributed by atoms with Crippen LogP contribution in [0, 0.1) is 18.3 Å². The Balaban J connectivity index is 1.84. The molecule has 146 valence electrons. The van der Waals surface area contributed by atoms with E-state index in [0.29, 0.717) is 5.69 Å². The van der Waals surface area contributed by atoms with E-state index in [1.807, 2.05) is 25.1 Å². The number of alkyl halides is 3. The zero-order chi connectivity index (χ0) is 21.0. The van der Waals surface area contributed by atoms with Gasteiger partial charge in [0.05, 0.1) is 5.56 Å². The number of carbonyl (C=O) groups excluding carboxylic acids is 1. The number of aryl methyl sites for hydroxylation is 1. The Labute approximate surface area is 164 Å². The van der Waals surface area contributed by atoms with Gasteiger partial charge in [0, 0.05) is 17.3 Å². The maximum atomic E-state index is 12.9. The molecule has 0 aliphatic carbocycles. The molecular weight excluding hydrogens is 381 g/mol. The van der Waals surface area contributed by atoms with Crippen molar-refractivity contribution in [3.63, 3.8) is 0 Å². The van der Waals surface area contributed by atoms with Crippen molar-refractivity contribution in [1.82, 2.24) is 0 Å². The van der Waals surface area contributed by atoms with E-state index in [0.717, 1.165) is 17.7 Å². The first kappa shape index (κ1) is 20.0. The molecule has 0 unspecified atom stereocenters. The molecule has 0 saturated carbocycles. The summed E-state index contributed by atoms with van der Waals surface area (Å²) in [5.74, 6) is -0.244. The van der Waals surface area contributed by atoms with Gasteiger partial charge in [0.15, 0.2) is 0 Å². The van der Waals surface area contributed by atoms with Crippen molar-refractivity contribution in [2.24, 2.45) is 0 Å². The van der Waals surface area contributed by atoms with E-state index in [4.69, 9.17) is 4.42 Å². The predicted molar refractivity (Wildman–Crippen MR) is 103 cm³/mol. The van der Waals surface area contributed by atoms with Crippen LogP contribution in [0.5, 0.6) is 0 Å². The number of hydrogen-bond acceptors (Lipinski definition) is 3. The van der Waals surface area contributed by atoms with E-state index in [2.05, 4.69) is 5.32 Å². The Morgan fingerprint density at radius 1 is 1.10 bits per heavy atom. The lowest BCUT2D eigenvalue weighted by Crippen LogP contribution is -2.14. The molecule has 1 amide bonds. The molecule has 3 rings (SSSR count). The molecule has 1 aromatic heterocycles. The molecule has 2 aromatic carbocycles. The highest BCUT2D eigenvalue weighted by molar-refractivity contribution is 6.09. The summed E-state index contributed by atoms with van der Waals surface area (Å²) in [5.41, 5.74) is 0.657. The minimum Gasteiger partial charge on any atom is -0.457 e. The summed E-state index contributed by atoms with van der Waals surface area (Å²) >= 11 is 0. The van der Waals surface area contributed by atoms with Crippen LogP contribution in [-0.2, 0) is 11.0 Å². The Hall–Kier alpha value is -3.79. The molecule has 29 heavy (non-hydrogen) atoms. The highest BCUT2D eigenvalue weighted by Crippen LogP contribution is 2.32. The first-order valence-corrected chi connectivity index (χ1v) is 8.54. The Morgan fingerprint density at radius 3 is 2.55 bits per heavy atom. The van der Waals surface area contributed by atoms with E-state index in [-0.39, 0.29) is 22.7 Å². The van der Waals surface area contributed by atoms with Gasteiger partial charge < -0.3 is 9.73 Å². The third-order valence-electron chi connectivity index (χ3n) is 4.15. The number of carbonyl (C=O) groups is 1. The lowest BCUT2D eigenvalue weighted by atomic mass is 10.1. The third kappa shape index (κ3) is 4.74. The lowest BCUT2D eigenvalue weighted by Gasteiger charge is -2.07. The van der Waals surface area contributed by atoms with Gasteiger partial charge >= 0.3 is 6.18 Å². The van der Waals surface area contributed by atoms with E-state index in [1.165, 1.54) is 30.3 Å². The smallest absolute Gasteiger partial charge is 0.416 e. The summed E-state index contributed by atoms with van der Waals surface area (Å²) in [5, 5.41) is 12.0. The minimum absolute atomic E-state index is 0.175. The number of hydrogen-bond donors (Lipinski definition) is 1. The van der Waals surface area contributed by atoms with Crippen LogP contribution in [0.1, 0.15) is 16.9 Å². The van der Waals surface area contributed by atoms with Crippen molar-refractivity contribution in [2.45, 2.75) is 13.1 Å². The quantitative estimate of drug-likeness (QED) is 0.446. The Kier molecular flexibility index (Phi) is 5.55. The number of benzene rings is 2. The lowest BCUT2D eigenvalue weighted by molar-refractivity contribution is -0.137. The molecule has 0 saturated heterocycles. The average Bonchev–Trinajstić information content (AvgIpc) is 3.16. The van der Waals surface area contributed by atoms with Crippen LogP contribution in [0.15, 0.2) is 70.7 Å². The normalized spacial score (nSPS) is 11.8. The van der Waals surface area contributed by atoms with E-state index >= 15 is 0 Å². The number of amides is 1. The van der Waals surface area contributed by atoms with Gasteiger partial charge in [-0.15, -0.1) is 0 Å². The van der Waals surface area contributed by atoms with Crippen molar-refractivity contribution in [3.8, 4) is 17.4 Å². The van der Waals surface area contributed by atoms with Gasteiger partial charge in [0.2, 0.25) is 0 Å². The zero-order valence-corrected chi connectivity index (χ0v) is 15.2. The van der Waals surface area contributed by atoms with Gasteiger partial charge in [-0.05, 0) is 42.8 Å². The number of anilines is 1. The molecule has 1 heterocycles. The summed E-state index contributed by atoms with van der Waals surface area (Å²) in [6.07, 6.45) is -3.22. The number of nitrogens with one attached hydrogen (secondary N) is 1. The van der Waals surface area contributed by atoms with E-state index in [9.17, 15) is 23.2 Å². The van der Waals surface area contributed by atoms with Gasteiger partial charge in [-0.1, -0.05) is 30.3 Å². The van der Waals surface area contributed by atoms with Gasteiger partial charge in [0.25, 0.3) is 5.91 Å². The number of furan rings is 1. The monoisotopic (exact) mass is 396 g/mol. The summed E-state index contributed by atoms with van der Waals surface area (Å²) in [7, 11) is 0. The van der Waals surface area contributed by atoms with Crippen molar-refractivity contribution in [3.05, 3.63) is 83.1 Å². The Bertz CT molecular complexity index is 1120. The highest BCUT2D eigenvalue weighted by atomic mass is 19.4. The second-order valence-corrected chi connectivity index (χ2v) is 6.22. The fraction of sp³-hybridized carbons (Fsp3) is 0.0909. The minimum atomic E-state index is -4.47. The molecule has 3 aromatic rings. The molecule has 7 heteroatoms.